The standard InChI is InChI=1S/C16H12F2N2O2.C15H10F2N2O2.C15H8F2N2O2.B2/c1-9(21)15-14(10-3-2-4-11(17)7-10)16(22)20-8-12(18)5-6-13(20)19-15;2*16-10-3-1-2-9(6-10)14-12(8-20)18-13-5-4-11(17)7-19(13)15(14)21;1-2/h2-9,21H,1H3;1-7,20H,8H2;1-8H;/q;;;-1. The number of benzene rings is 3. The summed E-state index contributed by atoms with van der Waals surface area (Å²) in [5.74, 6) is -3.37. The molecule has 12 nitrogen and oxygen atoms in total. The van der Waals surface area contributed by atoms with E-state index in [1.807, 2.05) is 0 Å². The van der Waals surface area contributed by atoms with Gasteiger partial charge in [-0.3, -0.25) is 32.4 Å². The van der Waals surface area contributed by atoms with Crippen LogP contribution >= 0.6 is 0 Å². The van der Waals surface area contributed by atoms with Crippen molar-refractivity contribution in [3.63, 3.8) is 0 Å². The van der Waals surface area contributed by atoms with Crippen molar-refractivity contribution >= 4 is 38.7 Å². The predicted octanol–water partition coefficient (Wildman–Crippen LogP) is 6.52. The van der Waals surface area contributed by atoms with Gasteiger partial charge in [-0.1, -0.05) is 36.4 Å². The summed E-state index contributed by atoms with van der Waals surface area (Å²) in [6.45, 7) is 0.986. The zero-order valence-electron chi connectivity index (χ0n) is 34.1. The van der Waals surface area contributed by atoms with Gasteiger partial charge in [-0.15, -0.1) is 0 Å². The molecular weight excluding hydrogens is 868 g/mol. The van der Waals surface area contributed by atoms with Gasteiger partial charge in [0.05, 0.1) is 40.8 Å². The molecule has 329 valence electrons. The van der Waals surface area contributed by atoms with Gasteiger partial charge in [0.2, 0.25) is 0 Å². The average Bonchev–Trinajstić information content (AvgIpc) is 3.30. The molecule has 5 radical (unpaired) electrons. The van der Waals surface area contributed by atoms with Crippen molar-refractivity contribution in [3.8, 4) is 33.4 Å². The van der Waals surface area contributed by atoms with Crippen LogP contribution in [0, 0.1) is 34.9 Å². The molecule has 0 aliphatic heterocycles. The molecule has 9 rings (SSSR count). The molecule has 20 heteroatoms. The number of aliphatic hydroxyl groups is 2. The first kappa shape index (κ1) is 47.5. The third-order valence-electron chi connectivity index (χ3n) is 9.49. The summed E-state index contributed by atoms with van der Waals surface area (Å²) in [6.07, 6.45) is 2.39. The second kappa shape index (κ2) is 20.7. The van der Waals surface area contributed by atoms with Crippen molar-refractivity contribution in [1.82, 2.24) is 28.2 Å². The maximum atomic E-state index is 13.4. The fraction of sp³-hybridized carbons (Fsp3) is 0.0652. The minimum atomic E-state index is -1.03. The second-order valence-corrected chi connectivity index (χ2v) is 13.8. The fourth-order valence-corrected chi connectivity index (χ4v) is 6.69. The lowest BCUT2D eigenvalue weighted by Gasteiger charge is -2.13. The Labute approximate surface area is 371 Å². The zero-order valence-corrected chi connectivity index (χ0v) is 34.1. The number of hydrogen-bond donors (Lipinski definition) is 2. The number of aliphatic hydroxyl groups excluding tert-OH is 2. The number of nitrogens with zero attached hydrogens (tertiary/aromatic N) is 6. The normalized spacial score (nSPS) is 11.2. The Hall–Kier alpha value is -7.96. The average molecular weight is 898 g/mol. The smallest absolute Gasteiger partial charge is 0.266 e. The van der Waals surface area contributed by atoms with Crippen molar-refractivity contribution in [3.05, 3.63) is 211 Å². The van der Waals surface area contributed by atoms with E-state index in [4.69, 9.17) is 0 Å². The maximum Gasteiger partial charge on any atom is 0.266 e. The largest absolute Gasteiger partial charge is 0.693 e. The van der Waals surface area contributed by atoms with Crippen LogP contribution in [0.4, 0.5) is 26.3 Å². The first-order chi connectivity index (χ1) is 31.7. The highest BCUT2D eigenvalue weighted by molar-refractivity contribution is 6.75. The highest BCUT2D eigenvalue weighted by atomic mass is 19.1. The monoisotopic (exact) mass is 898 g/mol. The maximum absolute atomic E-state index is 13.4. The number of fused-ring (bicyclic) bond motifs is 3. The first-order valence-electron chi connectivity index (χ1n) is 19.2. The molecule has 0 saturated carbocycles. The van der Waals surface area contributed by atoms with E-state index in [1.54, 1.807) is 6.07 Å². The van der Waals surface area contributed by atoms with Crippen LogP contribution in [0.15, 0.2) is 142 Å². The predicted molar refractivity (Wildman–Crippen MR) is 234 cm³/mol. The van der Waals surface area contributed by atoms with Crippen LogP contribution < -0.4 is 16.7 Å². The van der Waals surface area contributed by atoms with Crippen molar-refractivity contribution in [2.45, 2.75) is 19.6 Å². The van der Waals surface area contributed by atoms with Gasteiger partial charge >= 0.3 is 0 Å². The van der Waals surface area contributed by atoms with Crippen molar-refractivity contribution < 1.29 is 41.4 Å². The zero-order chi connectivity index (χ0) is 47.8. The number of carbonyl (C=O) groups is 1. The summed E-state index contributed by atoms with van der Waals surface area (Å²) < 4.78 is 83.1. The summed E-state index contributed by atoms with van der Waals surface area (Å²) in [6, 6.07) is 23.5. The van der Waals surface area contributed by atoms with Crippen LogP contribution in [0.1, 0.15) is 34.9 Å². The molecule has 0 aliphatic rings. The number of halogens is 6. The lowest BCUT2D eigenvalue weighted by Crippen LogP contribution is -2.21. The van der Waals surface area contributed by atoms with E-state index in [1.165, 1.54) is 97.9 Å². The molecule has 0 bridgehead atoms. The van der Waals surface area contributed by atoms with Crippen LogP contribution in [0.25, 0.3) is 50.3 Å². The van der Waals surface area contributed by atoms with Crippen molar-refractivity contribution in [1.29, 1.82) is 0 Å². The van der Waals surface area contributed by atoms with E-state index in [9.17, 15) is 55.7 Å². The molecule has 0 fully saturated rings. The minimum absolute atomic E-state index is 0.0533. The lowest BCUT2D eigenvalue weighted by atomic mass is 9.81. The molecule has 66 heavy (non-hydrogen) atoms. The number of rotatable bonds is 6. The van der Waals surface area contributed by atoms with Crippen LogP contribution in [-0.4, -0.2) is 60.1 Å². The van der Waals surface area contributed by atoms with E-state index < -0.39 is 64.3 Å². The molecule has 1 unspecified atom stereocenters. The quantitative estimate of drug-likeness (QED) is 0.108. The molecule has 0 spiro atoms. The van der Waals surface area contributed by atoms with Gasteiger partial charge in [0.25, 0.3) is 16.7 Å². The van der Waals surface area contributed by atoms with Gasteiger partial charge in [-0.25, -0.2) is 41.3 Å². The number of carbonyl (C=O) groups excluding carboxylic acids is 1. The van der Waals surface area contributed by atoms with Crippen LogP contribution in [0.5, 0.6) is 0 Å². The number of pyridine rings is 3. The van der Waals surface area contributed by atoms with Gasteiger partial charge in [0.15, 0.2) is 6.29 Å². The molecule has 0 amide bonds. The van der Waals surface area contributed by atoms with Gasteiger partial charge in [-0.2, -0.15) is 0 Å². The molecule has 2 N–H and O–H groups in total. The summed E-state index contributed by atoms with van der Waals surface area (Å²) in [4.78, 5) is 61.1. The Bertz CT molecular complexity index is 3460. The summed E-state index contributed by atoms with van der Waals surface area (Å²) in [5, 5.41) is 19.3. The molecule has 3 aromatic carbocycles. The van der Waals surface area contributed by atoms with Crippen LogP contribution in [-0.2, 0) is 6.61 Å². The van der Waals surface area contributed by atoms with E-state index in [0.717, 1.165) is 43.9 Å². The molecule has 6 aromatic heterocycles. The molecule has 1 atom stereocenters. The Morgan fingerprint density at radius 3 is 1.35 bits per heavy atom. The van der Waals surface area contributed by atoms with Crippen molar-refractivity contribution in [2.75, 3.05) is 0 Å². The number of aldehydes is 1. The highest BCUT2D eigenvalue weighted by Crippen LogP contribution is 2.26. The van der Waals surface area contributed by atoms with E-state index >= 15 is 0 Å². The Kier molecular flexibility index (Phi) is 14.9. The van der Waals surface area contributed by atoms with E-state index in [2.05, 4.69) is 30.4 Å². The first-order valence-corrected chi connectivity index (χ1v) is 19.2. The van der Waals surface area contributed by atoms with E-state index in [-0.39, 0.29) is 67.4 Å². The Balaban J connectivity index is 0.000000161. The topological polar surface area (TPSA) is 161 Å². The van der Waals surface area contributed by atoms with Crippen LogP contribution in [0.2, 0.25) is 0 Å². The van der Waals surface area contributed by atoms with Gasteiger partial charge in [0, 0.05) is 18.6 Å². The second-order valence-electron chi connectivity index (χ2n) is 13.8. The van der Waals surface area contributed by atoms with Gasteiger partial charge in [0.1, 0.15) is 57.5 Å². The minimum Gasteiger partial charge on any atom is -0.693 e. The highest BCUT2D eigenvalue weighted by Gasteiger charge is 2.20. The lowest BCUT2D eigenvalue weighted by molar-refractivity contribution is 0.111. The summed E-state index contributed by atoms with van der Waals surface area (Å²) >= 11 is 0. The molecule has 0 saturated heterocycles. The van der Waals surface area contributed by atoms with Crippen molar-refractivity contribution in [2.24, 2.45) is 0 Å². The summed E-state index contributed by atoms with van der Waals surface area (Å²) in [5.41, 5.74) is -0.221. The molecular formula is C46H30B2F6N6O6-. The summed E-state index contributed by atoms with van der Waals surface area (Å²) in [7, 11) is 8.00. The number of aromatic nitrogens is 6. The Morgan fingerprint density at radius 2 is 0.939 bits per heavy atom. The third-order valence-corrected chi connectivity index (χ3v) is 9.49. The van der Waals surface area contributed by atoms with E-state index in [0.29, 0.717) is 6.29 Å². The molecule has 9 aromatic rings. The van der Waals surface area contributed by atoms with Gasteiger partial charge in [-0.05, 0) is 96.4 Å². The van der Waals surface area contributed by atoms with Crippen LogP contribution in [0.3, 0.4) is 0 Å². The van der Waals surface area contributed by atoms with Gasteiger partial charge < -0.3 is 25.7 Å². The third kappa shape index (κ3) is 10.2. The fourth-order valence-electron chi connectivity index (χ4n) is 6.69. The molecule has 0 aliphatic carbocycles. The Morgan fingerprint density at radius 1 is 0.561 bits per heavy atom. The number of hydrogen-bond acceptors (Lipinski definition) is 9. The SMILES string of the molecule is CC(O)c1nc2ccc(F)cn2c(=O)c1-c1cccc(F)c1.O=Cc1nc2ccc(F)cn2c(=O)c1-c1cccc(F)c1.O=c1c(-c2cccc(F)c2)c(CO)nc2ccc(F)cn12.[B][B-]. The molecule has 6 heterocycles.